The number of likely N-dealkylation sites (tertiary alicyclic amines) is 1. The standard InChI is InChI=1S/C22H21N5O/c28-22(20-13-19(25-26-20)15-7-2-1-3-8-15)27-12-6-9-16(14-27)21-23-17-10-4-5-11-18(17)24-21/h1-5,7-8,10-11,13,16H,6,9,12,14H2,(H,23,24)(H,25,26)/t16-/m1/s1. The van der Waals surface area contributed by atoms with Crippen LogP contribution in [0.4, 0.5) is 0 Å². The summed E-state index contributed by atoms with van der Waals surface area (Å²) in [4.78, 5) is 23.1. The van der Waals surface area contributed by atoms with Gasteiger partial charge in [-0.2, -0.15) is 5.10 Å². The van der Waals surface area contributed by atoms with Crippen molar-refractivity contribution < 1.29 is 4.79 Å². The Balaban J connectivity index is 1.35. The van der Waals surface area contributed by atoms with Crippen LogP contribution in [0.5, 0.6) is 0 Å². The molecule has 4 aromatic rings. The first-order valence-corrected chi connectivity index (χ1v) is 9.63. The Hall–Kier alpha value is -3.41. The minimum Gasteiger partial charge on any atom is -0.342 e. The first-order valence-electron chi connectivity index (χ1n) is 9.63. The molecular weight excluding hydrogens is 350 g/mol. The van der Waals surface area contributed by atoms with Crippen molar-refractivity contribution in [2.75, 3.05) is 13.1 Å². The summed E-state index contributed by atoms with van der Waals surface area (Å²) >= 11 is 0. The number of fused-ring (bicyclic) bond motifs is 1. The number of H-pyrrole nitrogens is 2. The zero-order chi connectivity index (χ0) is 18.9. The van der Waals surface area contributed by atoms with Crippen molar-refractivity contribution in [1.82, 2.24) is 25.1 Å². The molecule has 2 N–H and O–H groups in total. The molecule has 3 heterocycles. The number of para-hydroxylation sites is 2. The summed E-state index contributed by atoms with van der Waals surface area (Å²) in [5.74, 6) is 1.19. The monoisotopic (exact) mass is 371 g/mol. The zero-order valence-electron chi connectivity index (χ0n) is 15.4. The number of hydrogen-bond acceptors (Lipinski definition) is 3. The lowest BCUT2D eigenvalue weighted by atomic mass is 9.97. The highest BCUT2D eigenvalue weighted by atomic mass is 16.2. The molecule has 0 radical (unpaired) electrons. The molecule has 6 heteroatoms. The van der Waals surface area contributed by atoms with Gasteiger partial charge in [-0.05, 0) is 31.0 Å². The van der Waals surface area contributed by atoms with Gasteiger partial charge in [0.05, 0.1) is 16.7 Å². The lowest BCUT2D eigenvalue weighted by Gasteiger charge is -2.31. The lowest BCUT2D eigenvalue weighted by Crippen LogP contribution is -2.39. The summed E-state index contributed by atoms with van der Waals surface area (Å²) in [6.45, 7) is 1.42. The van der Waals surface area contributed by atoms with Gasteiger partial charge >= 0.3 is 0 Å². The number of nitrogens with one attached hydrogen (secondary N) is 2. The Morgan fingerprint density at radius 2 is 1.89 bits per heavy atom. The summed E-state index contributed by atoms with van der Waals surface area (Å²) in [6.07, 6.45) is 2.00. The highest BCUT2D eigenvalue weighted by Crippen LogP contribution is 2.28. The second-order valence-electron chi connectivity index (χ2n) is 7.26. The molecule has 5 rings (SSSR count). The molecule has 0 spiro atoms. The number of aromatic nitrogens is 4. The molecule has 140 valence electrons. The maximum absolute atomic E-state index is 13.0. The predicted octanol–water partition coefficient (Wildman–Crippen LogP) is 3.97. The van der Waals surface area contributed by atoms with Gasteiger partial charge in [-0.15, -0.1) is 0 Å². The average molecular weight is 371 g/mol. The van der Waals surface area contributed by atoms with E-state index in [1.165, 1.54) is 0 Å². The van der Waals surface area contributed by atoms with Crippen molar-refractivity contribution in [1.29, 1.82) is 0 Å². The number of imidazole rings is 1. The SMILES string of the molecule is O=C(c1cc(-c2ccccc2)n[nH]1)N1CCC[C@@H](c2nc3ccccc3[nH]2)C1. The first-order chi connectivity index (χ1) is 13.8. The molecule has 1 aliphatic rings. The van der Waals surface area contributed by atoms with Crippen LogP contribution in [0.15, 0.2) is 60.7 Å². The van der Waals surface area contributed by atoms with E-state index in [1.54, 1.807) is 0 Å². The molecule has 1 atom stereocenters. The van der Waals surface area contributed by atoms with Gasteiger partial charge in [0, 0.05) is 24.6 Å². The Morgan fingerprint density at radius 3 is 2.75 bits per heavy atom. The van der Waals surface area contributed by atoms with Crippen LogP contribution in [0.3, 0.4) is 0 Å². The molecule has 28 heavy (non-hydrogen) atoms. The molecule has 1 aliphatic heterocycles. The molecule has 0 unspecified atom stereocenters. The van der Waals surface area contributed by atoms with E-state index in [1.807, 2.05) is 65.6 Å². The predicted molar refractivity (Wildman–Crippen MR) is 108 cm³/mol. The fraction of sp³-hybridized carbons (Fsp3) is 0.227. The van der Waals surface area contributed by atoms with E-state index >= 15 is 0 Å². The van der Waals surface area contributed by atoms with Gasteiger partial charge in [0.1, 0.15) is 11.5 Å². The summed E-state index contributed by atoms with van der Waals surface area (Å²) in [6, 6.07) is 19.8. The molecule has 2 aromatic carbocycles. The number of nitrogens with zero attached hydrogens (tertiary/aromatic N) is 3. The van der Waals surface area contributed by atoms with Gasteiger partial charge in [-0.25, -0.2) is 4.98 Å². The Labute approximate surface area is 162 Å². The molecule has 6 nitrogen and oxygen atoms in total. The number of aromatic amines is 2. The van der Waals surface area contributed by atoms with Crippen molar-refractivity contribution in [3.63, 3.8) is 0 Å². The lowest BCUT2D eigenvalue weighted by molar-refractivity contribution is 0.0699. The third-order valence-corrected chi connectivity index (χ3v) is 5.38. The van der Waals surface area contributed by atoms with Gasteiger partial charge in [-0.3, -0.25) is 9.89 Å². The van der Waals surface area contributed by atoms with Crippen LogP contribution < -0.4 is 0 Å². The van der Waals surface area contributed by atoms with Crippen LogP contribution in [0.1, 0.15) is 35.1 Å². The van der Waals surface area contributed by atoms with Crippen molar-refractivity contribution >= 4 is 16.9 Å². The second-order valence-corrected chi connectivity index (χ2v) is 7.26. The highest BCUT2D eigenvalue weighted by Gasteiger charge is 2.28. The number of hydrogen-bond donors (Lipinski definition) is 2. The Bertz CT molecular complexity index is 1080. The van der Waals surface area contributed by atoms with E-state index in [9.17, 15) is 4.79 Å². The molecule has 1 saturated heterocycles. The highest BCUT2D eigenvalue weighted by molar-refractivity contribution is 5.93. The van der Waals surface area contributed by atoms with Crippen molar-refractivity contribution in [3.05, 3.63) is 72.2 Å². The summed E-state index contributed by atoms with van der Waals surface area (Å²) in [5.41, 5.74) is 4.33. The van der Waals surface area contributed by atoms with Crippen LogP contribution in [-0.4, -0.2) is 44.1 Å². The normalized spacial score (nSPS) is 17.1. The van der Waals surface area contributed by atoms with E-state index in [-0.39, 0.29) is 11.8 Å². The van der Waals surface area contributed by atoms with Crippen molar-refractivity contribution in [2.24, 2.45) is 0 Å². The van der Waals surface area contributed by atoms with Gasteiger partial charge in [-0.1, -0.05) is 42.5 Å². The average Bonchev–Trinajstić information content (AvgIpc) is 3.41. The zero-order valence-corrected chi connectivity index (χ0v) is 15.4. The Morgan fingerprint density at radius 1 is 1.07 bits per heavy atom. The van der Waals surface area contributed by atoms with Crippen LogP contribution in [0.25, 0.3) is 22.3 Å². The summed E-state index contributed by atoms with van der Waals surface area (Å²) in [5, 5.41) is 7.23. The van der Waals surface area contributed by atoms with Crippen molar-refractivity contribution in [2.45, 2.75) is 18.8 Å². The maximum atomic E-state index is 13.0. The number of rotatable bonds is 3. The quantitative estimate of drug-likeness (QED) is 0.572. The molecule has 0 saturated carbocycles. The summed E-state index contributed by atoms with van der Waals surface area (Å²) < 4.78 is 0. The second kappa shape index (κ2) is 6.96. The smallest absolute Gasteiger partial charge is 0.271 e. The van der Waals surface area contributed by atoms with Crippen LogP contribution in [0, 0.1) is 0 Å². The molecule has 0 bridgehead atoms. The van der Waals surface area contributed by atoms with Gasteiger partial charge in [0.2, 0.25) is 0 Å². The number of carbonyl (C=O) groups excluding carboxylic acids is 1. The van der Waals surface area contributed by atoms with E-state index in [2.05, 4.69) is 15.2 Å². The fourth-order valence-electron chi connectivity index (χ4n) is 3.91. The van der Waals surface area contributed by atoms with Gasteiger partial charge in [0.25, 0.3) is 5.91 Å². The topological polar surface area (TPSA) is 77.7 Å². The van der Waals surface area contributed by atoms with E-state index < -0.39 is 0 Å². The van der Waals surface area contributed by atoms with E-state index in [4.69, 9.17) is 4.98 Å². The van der Waals surface area contributed by atoms with Crippen molar-refractivity contribution in [3.8, 4) is 11.3 Å². The molecule has 1 fully saturated rings. The third kappa shape index (κ3) is 3.07. The first kappa shape index (κ1) is 16.7. The Kier molecular flexibility index (Phi) is 4.16. The third-order valence-electron chi connectivity index (χ3n) is 5.38. The van der Waals surface area contributed by atoms with Crippen LogP contribution in [0.2, 0.25) is 0 Å². The van der Waals surface area contributed by atoms with Gasteiger partial charge in [0.15, 0.2) is 0 Å². The molecule has 0 aliphatic carbocycles. The number of piperidine rings is 1. The largest absolute Gasteiger partial charge is 0.342 e. The fourth-order valence-corrected chi connectivity index (χ4v) is 3.91. The number of benzene rings is 2. The molecule has 1 amide bonds. The van der Waals surface area contributed by atoms with Crippen LogP contribution >= 0.6 is 0 Å². The van der Waals surface area contributed by atoms with Gasteiger partial charge < -0.3 is 9.88 Å². The maximum Gasteiger partial charge on any atom is 0.271 e. The van der Waals surface area contributed by atoms with E-state index in [0.717, 1.165) is 47.5 Å². The minimum atomic E-state index is -0.00417. The number of carbonyl (C=O) groups is 1. The summed E-state index contributed by atoms with van der Waals surface area (Å²) in [7, 11) is 0. The number of amides is 1. The van der Waals surface area contributed by atoms with Crippen LogP contribution in [-0.2, 0) is 0 Å². The molecule has 2 aromatic heterocycles. The molecular formula is C22H21N5O. The van der Waals surface area contributed by atoms with E-state index in [0.29, 0.717) is 12.2 Å². The minimum absolute atomic E-state index is 0.00417.